The molecule has 0 spiro atoms. The Kier molecular flexibility index (Phi) is 5.59. The standard InChI is InChI=1S/C23H23ClN4O2/c1-15-13-18(7-10-20(15)27-11-3-4-12-27)25-23(30)22-21(29)14-16(2)28(26-22)19-8-5-17(24)6-9-19/h5-10,13-14H,3-4,11-12H2,1-2H3,(H,25,30). The van der Waals surface area contributed by atoms with Crippen LogP contribution >= 0.6 is 11.6 Å². The summed E-state index contributed by atoms with van der Waals surface area (Å²) in [6.07, 6.45) is 2.41. The minimum Gasteiger partial charge on any atom is -0.371 e. The second kappa shape index (κ2) is 8.32. The number of aryl methyl sites for hydroxylation is 2. The molecule has 1 aromatic heterocycles. The number of nitrogens with zero attached hydrogens (tertiary/aromatic N) is 3. The molecule has 1 aliphatic heterocycles. The molecule has 0 aliphatic carbocycles. The maximum atomic E-state index is 12.8. The van der Waals surface area contributed by atoms with Crippen LogP contribution in [0.15, 0.2) is 53.3 Å². The first-order chi connectivity index (χ1) is 14.4. The van der Waals surface area contributed by atoms with Gasteiger partial charge in [-0.25, -0.2) is 4.68 Å². The van der Waals surface area contributed by atoms with Gasteiger partial charge in [-0.1, -0.05) is 11.6 Å². The van der Waals surface area contributed by atoms with Gasteiger partial charge in [-0.15, -0.1) is 0 Å². The molecule has 3 aromatic rings. The summed E-state index contributed by atoms with van der Waals surface area (Å²) in [5, 5.41) is 7.72. The smallest absolute Gasteiger partial charge is 0.280 e. The van der Waals surface area contributed by atoms with Gasteiger partial charge in [0.2, 0.25) is 5.43 Å². The average Bonchev–Trinajstić information content (AvgIpc) is 3.23. The fraction of sp³-hybridized carbons (Fsp3) is 0.261. The fourth-order valence-corrected chi connectivity index (χ4v) is 3.91. The van der Waals surface area contributed by atoms with Gasteiger partial charge in [0.25, 0.3) is 5.91 Å². The molecule has 4 rings (SSSR count). The zero-order chi connectivity index (χ0) is 21.3. The van der Waals surface area contributed by atoms with Crippen LogP contribution in [0.25, 0.3) is 5.69 Å². The topological polar surface area (TPSA) is 67.2 Å². The van der Waals surface area contributed by atoms with E-state index in [1.54, 1.807) is 35.9 Å². The Hall–Kier alpha value is -3.12. The van der Waals surface area contributed by atoms with Crippen LogP contribution < -0.4 is 15.6 Å². The lowest BCUT2D eigenvalue weighted by molar-refractivity contribution is 0.101. The SMILES string of the molecule is Cc1cc(NC(=O)c2nn(-c3ccc(Cl)cc3)c(C)cc2=O)ccc1N1CCCC1. The first kappa shape index (κ1) is 20.2. The highest BCUT2D eigenvalue weighted by Gasteiger charge is 2.18. The number of anilines is 2. The van der Waals surface area contributed by atoms with E-state index in [2.05, 4.69) is 15.3 Å². The van der Waals surface area contributed by atoms with Gasteiger partial charge in [-0.3, -0.25) is 9.59 Å². The molecule has 1 saturated heterocycles. The minimum absolute atomic E-state index is 0.156. The molecule has 0 bridgehead atoms. The van der Waals surface area contributed by atoms with Crippen LogP contribution in [0.4, 0.5) is 11.4 Å². The minimum atomic E-state index is -0.531. The van der Waals surface area contributed by atoms with Crippen molar-refractivity contribution >= 4 is 28.9 Å². The largest absolute Gasteiger partial charge is 0.371 e. The third-order valence-corrected chi connectivity index (χ3v) is 5.55. The Morgan fingerprint density at radius 2 is 1.73 bits per heavy atom. The van der Waals surface area contributed by atoms with Crippen LogP contribution in [0.1, 0.15) is 34.6 Å². The molecule has 2 aromatic carbocycles. The van der Waals surface area contributed by atoms with E-state index < -0.39 is 11.3 Å². The summed E-state index contributed by atoms with van der Waals surface area (Å²) >= 11 is 5.95. The number of hydrogen-bond donors (Lipinski definition) is 1. The molecule has 0 atom stereocenters. The summed E-state index contributed by atoms with van der Waals surface area (Å²) in [5.74, 6) is -0.531. The first-order valence-corrected chi connectivity index (χ1v) is 10.3. The molecular weight excluding hydrogens is 400 g/mol. The molecule has 7 heteroatoms. The Bertz CT molecular complexity index is 1150. The summed E-state index contributed by atoms with van der Waals surface area (Å²) in [7, 11) is 0. The highest BCUT2D eigenvalue weighted by atomic mass is 35.5. The van der Waals surface area contributed by atoms with Crippen LogP contribution in [0.2, 0.25) is 5.02 Å². The second-order valence-electron chi connectivity index (χ2n) is 7.54. The van der Waals surface area contributed by atoms with E-state index >= 15 is 0 Å². The summed E-state index contributed by atoms with van der Waals surface area (Å²) < 4.78 is 1.56. The van der Waals surface area contributed by atoms with Crippen molar-refractivity contribution in [3.05, 3.63) is 80.7 Å². The third kappa shape index (κ3) is 4.09. The number of nitrogens with one attached hydrogen (secondary N) is 1. The van der Waals surface area contributed by atoms with E-state index in [1.807, 2.05) is 25.1 Å². The van der Waals surface area contributed by atoms with Crippen molar-refractivity contribution in [2.75, 3.05) is 23.3 Å². The molecule has 1 N–H and O–H groups in total. The lowest BCUT2D eigenvalue weighted by Gasteiger charge is -2.20. The van der Waals surface area contributed by atoms with E-state index in [9.17, 15) is 9.59 Å². The van der Waals surface area contributed by atoms with E-state index in [0.717, 1.165) is 24.3 Å². The number of halogens is 1. The van der Waals surface area contributed by atoms with Gasteiger partial charge >= 0.3 is 0 Å². The van der Waals surface area contributed by atoms with Crippen molar-refractivity contribution in [2.45, 2.75) is 26.7 Å². The highest BCUT2D eigenvalue weighted by molar-refractivity contribution is 6.30. The van der Waals surface area contributed by atoms with Gasteiger partial charge in [0, 0.05) is 41.2 Å². The number of amides is 1. The number of carbonyl (C=O) groups excluding carboxylic acids is 1. The van der Waals surface area contributed by atoms with E-state index in [4.69, 9.17) is 11.6 Å². The van der Waals surface area contributed by atoms with Gasteiger partial charge in [-0.05, 0) is 74.7 Å². The van der Waals surface area contributed by atoms with E-state index in [1.165, 1.54) is 24.6 Å². The Morgan fingerprint density at radius 3 is 2.40 bits per heavy atom. The first-order valence-electron chi connectivity index (χ1n) is 9.96. The normalized spacial score (nSPS) is 13.5. The number of aromatic nitrogens is 2. The van der Waals surface area contributed by atoms with Gasteiger partial charge in [0.05, 0.1) is 5.69 Å². The fourth-order valence-electron chi connectivity index (χ4n) is 3.78. The van der Waals surface area contributed by atoms with Crippen LogP contribution in [0.5, 0.6) is 0 Å². The average molecular weight is 423 g/mol. The van der Waals surface area contributed by atoms with Crippen molar-refractivity contribution < 1.29 is 4.79 Å². The predicted octanol–water partition coefficient (Wildman–Crippen LogP) is 4.36. The maximum absolute atomic E-state index is 12.8. The van der Waals surface area contributed by atoms with E-state index in [-0.39, 0.29) is 5.69 Å². The molecule has 0 unspecified atom stereocenters. The molecule has 30 heavy (non-hydrogen) atoms. The number of benzene rings is 2. The van der Waals surface area contributed by atoms with Crippen LogP contribution in [-0.2, 0) is 0 Å². The Labute approximate surface area is 180 Å². The van der Waals surface area contributed by atoms with Gasteiger partial charge in [0.15, 0.2) is 5.69 Å². The lowest BCUT2D eigenvalue weighted by atomic mass is 10.1. The molecule has 6 nitrogen and oxygen atoms in total. The number of rotatable bonds is 4. The van der Waals surface area contributed by atoms with Crippen molar-refractivity contribution in [2.24, 2.45) is 0 Å². The van der Waals surface area contributed by atoms with Gasteiger partial charge < -0.3 is 10.2 Å². The number of carbonyl (C=O) groups is 1. The summed E-state index contributed by atoms with van der Waals surface area (Å²) in [4.78, 5) is 27.6. The van der Waals surface area contributed by atoms with Gasteiger partial charge in [-0.2, -0.15) is 5.10 Å². The van der Waals surface area contributed by atoms with Crippen molar-refractivity contribution in [3.8, 4) is 5.69 Å². The van der Waals surface area contributed by atoms with Crippen molar-refractivity contribution in [3.63, 3.8) is 0 Å². The third-order valence-electron chi connectivity index (χ3n) is 5.30. The van der Waals surface area contributed by atoms with Crippen molar-refractivity contribution in [1.82, 2.24) is 9.78 Å². The summed E-state index contributed by atoms with van der Waals surface area (Å²) in [6.45, 7) is 5.92. The molecule has 2 heterocycles. The molecule has 1 amide bonds. The predicted molar refractivity (Wildman–Crippen MR) is 120 cm³/mol. The Morgan fingerprint density at radius 1 is 1.03 bits per heavy atom. The van der Waals surface area contributed by atoms with Crippen LogP contribution in [0, 0.1) is 13.8 Å². The molecule has 0 radical (unpaired) electrons. The monoisotopic (exact) mass is 422 g/mol. The zero-order valence-corrected chi connectivity index (χ0v) is 17.7. The summed E-state index contributed by atoms with van der Waals surface area (Å²) in [5.41, 5.74) is 3.69. The molecule has 154 valence electrons. The van der Waals surface area contributed by atoms with Crippen LogP contribution in [0.3, 0.4) is 0 Å². The zero-order valence-electron chi connectivity index (χ0n) is 17.0. The second-order valence-corrected chi connectivity index (χ2v) is 7.97. The molecule has 1 aliphatic rings. The lowest BCUT2D eigenvalue weighted by Crippen LogP contribution is -2.27. The molecule has 0 saturated carbocycles. The van der Waals surface area contributed by atoms with Gasteiger partial charge in [0.1, 0.15) is 0 Å². The highest BCUT2D eigenvalue weighted by Crippen LogP contribution is 2.26. The quantitative estimate of drug-likeness (QED) is 0.678. The number of hydrogen-bond acceptors (Lipinski definition) is 4. The molecule has 1 fully saturated rings. The van der Waals surface area contributed by atoms with E-state index in [0.29, 0.717) is 16.4 Å². The summed E-state index contributed by atoms with van der Waals surface area (Å²) in [6, 6.07) is 14.3. The van der Waals surface area contributed by atoms with Crippen LogP contribution in [-0.4, -0.2) is 28.8 Å². The maximum Gasteiger partial charge on any atom is 0.280 e. The molecular formula is C23H23ClN4O2. The van der Waals surface area contributed by atoms with Crippen molar-refractivity contribution in [1.29, 1.82) is 0 Å². The Balaban J connectivity index is 1.60.